The summed E-state index contributed by atoms with van der Waals surface area (Å²) in [6.07, 6.45) is 0. The zero-order chi connectivity index (χ0) is 18.0. The zero-order valence-corrected chi connectivity index (χ0v) is 14.5. The highest BCUT2D eigenvalue weighted by Crippen LogP contribution is 2.33. The third-order valence-electron chi connectivity index (χ3n) is 4.51. The molecule has 0 bridgehead atoms. The van der Waals surface area contributed by atoms with Crippen molar-refractivity contribution in [3.8, 4) is 0 Å². The first-order valence-electron chi connectivity index (χ1n) is 8.02. The summed E-state index contributed by atoms with van der Waals surface area (Å²) in [6, 6.07) is 13.9. The largest absolute Gasteiger partial charge is 0.478 e. The van der Waals surface area contributed by atoms with Gasteiger partial charge in [0.2, 0.25) is 5.91 Å². The third kappa shape index (κ3) is 4.00. The number of carbonyl (C=O) groups is 2. The highest BCUT2D eigenvalue weighted by Gasteiger charge is 2.37. The van der Waals surface area contributed by atoms with E-state index in [2.05, 4.69) is 10.2 Å². The van der Waals surface area contributed by atoms with Crippen LogP contribution in [0.1, 0.15) is 21.8 Å². The van der Waals surface area contributed by atoms with E-state index >= 15 is 0 Å². The summed E-state index contributed by atoms with van der Waals surface area (Å²) in [7, 11) is 1.99. The van der Waals surface area contributed by atoms with E-state index in [1.54, 1.807) is 12.1 Å². The first kappa shape index (κ1) is 17.5. The lowest BCUT2D eigenvalue weighted by Gasteiger charge is -2.19. The van der Waals surface area contributed by atoms with Crippen LogP contribution in [0.5, 0.6) is 0 Å². The molecule has 0 saturated carbocycles. The molecule has 0 spiro atoms. The SMILES string of the molecule is CN1C[C@@H](C(=O)Nc2cccc(C(=O)O)c2)[C@H](c2ccc(Cl)cc2)C1. The smallest absolute Gasteiger partial charge is 0.335 e. The van der Waals surface area contributed by atoms with Crippen molar-refractivity contribution in [2.24, 2.45) is 5.92 Å². The van der Waals surface area contributed by atoms with Gasteiger partial charge in [0, 0.05) is 29.7 Å². The summed E-state index contributed by atoms with van der Waals surface area (Å²) >= 11 is 5.96. The number of benzene rings is 2. The Bertz CT molecular complexity index is 792. The maximum absolute atomic E-state index is 12.8. The summed E-state index contributed by atoms with van der Waals surface area (Å²) < 4.78 is 0. The number of rotatable bonds is 4. The van der Waals surface area contributed by atoms with Gasteiger partial charge in [-0.15, -0.1) is 0 Å². The predicted octanol–water partition coefficient (Wildman–Crippen LogP) is 3.32. The van der Waals surface area contributed by atoms with E-state index in [1.807, 2.05) is 31.3 Å². The molecule has 2 N–H and O–H groups in total. The minimum Gasteiger partial charge on any atom is -0.478 e. The van der Waals surface area contributed by atoms with Crippen molar-refractivity contribution in [3.63, 3.8) is 0 Å². The molecule has 0 aliphatic carbocycles. The van der Waals surface area contributed by atoms with Gasteiger partial charge in [-0.25, -0.2) is 4.79 Å². The fourth-order valence-corrected chi connectivity index (χ4v) is 3.40. The van der Waals surface area contributed by atoms with E-state index < -0.39 is 5.97 Å². The maximum atomic E-state index is 12.8. The number of carboxylic acid groups (broad SMARTS) is 1. The Morgan fingerprint density at radius 3 is 2.56 bits per heavy atom. The summed E-state index contributed by atoms with van der Waals surface area (Å²) in [6.45, 7) is 1.44. The van der Waals surface area contributed by atoms with Crippen LogP contribution in [0.25, 0.3) is 0 Å². The number of hydrogen-bond donors (Lipinski definition) is 2. The van der Waals surface area contributed by atoms with E-state index in [1.165, 1.54) is 12.1 Å². The summed E-state index contributed by atoms with van der Waals surface area (Å²) in [5.74, 6) is -1.26. The van der Waals surface area contributed by atoms with Gasteiger partial charge in [0.15, 0.2) is 0 Å². The second-order valence-electron chi connectivity index (χ2n) is 6.36. The second-order valence-corrected chi connectivity index (χ2v) is 6.80. The van der Waals surface area contributed by atoms with Crippen LogP contribution in [0.15, 0.2) is 48.5 Å². The molecule has 1 heterocycles. The molecular formula is C19H19ClN2O3. The number of anilines is 1. The van der Waals surface area contributed by atoms with Crippen LogP contribution in [0.2, 0.25) is 5.02 Å². The van der Waals surface area contributed by atoms with Gasteiger partial charge in [0.1, 0.15) is 0 Å². The van der Waals surface area contributed by atoms with Gasteiger partial charge >= 0.3 is 5.97 Å². The van der Waals surface area contributed by atoms with E-state index in [-0.39, 0.29) is 23.3 Å². The molecule has 1 amide bonds. The van der Waals surface area contributed by atoms with Gasteiger partial charge in [-0.3, -0.25) is 4.79 Å². The van der Waals surface area contributed by atoms with E-state index in [0.29, 0.717) is 17.3 Å². The van der Waals surface area contributed by atoms with Crippen molar-refractivity contribution >= 4 is 29.2 Å². The Kier molecular flexibility index (Phi) is 5.06. The van der Waals surface area contributed by atoms with Gasteiger partial charge < -0.3 is 15.3 Å². The molecule has 0 unspecified atom stereocenters. The van der Waals surface area contributed by atoms with Crippen LogP contribution in [0.3, 0.4) is 0 Å². The Labute approximate surface area is 151 Å². The van der Waals surface area contributed by atoms with Gasteiger partial charge in [-0.1, -0.05) is 29.8 Å². The lowest BCUT2D eigenvalue weighted by Crippen LogP contribution is -2.28. The molecule has 130 valence electrons. The first-order chi connectivity index (χ1) is 11.9. The molecule has 6 heteroatoms. The number of hydrogen-bond acceptors (Lipinski definition) is 3. The van der Waals surface area contributed by atoms with Crippen LogP contribution in [0, 0.1) is 5.92 Å². The fourth-order valence-electron chi connectivity index (χ4n) is 3.28. The third-order valence-corrected chi connectivity index (χ3v) is 4.77. The van der Waals surface area contributed by atoms with Crippen LogP contribution in [-0.2, 0) is 4.79 Å². The number of amides is 1. The molecule has 25 heavy (non-hydrogen) atoms. The number of nitrogens with one attached hydrogen (secondary N) is 1. The molecule has 0 aromatic heterocycles. The fraction of sp³-hybridized carbons (Fsp3) is 0.263. The van der Waals surface area contributed by atoms with Gasteiger partial charge in [-0.05, 0) is 42.9 Å². The molecule has 2 aromatic rings. The van der Waals surface area contributed by atoms with Crippen LogP contribution in [0.4, 0.5) is 5.69 Å². The van der Waals surface area contributed by atoms with Gasteiger partial charge in [0.05, 0.1) is 11.5 Å². The highest BCUT2D eigenvalue weighted by molar-refractivity contribution is 6.30. The predicted molar refractivity (Wildman–Crippen MR) is 97.2 cm³/mol. The van der Waals surface area contributed by atoms with Crippen LogP contribution in [-0.4, -0.2) is 42.0 Å². The number of carboxylic acids is 1. The number of likely N-dealkylation sites (tertiary alicyclic amines) is 1. The molecule has 3 rings (SSSR count). The minimum atomic E-state index is -1.02. The molecule has 2 aromatic carbocycles. The van der Waals surface area contributed by atoms with E-state index in [9.17, 15) is 9.59 Å². The number of nitrogens with zero attached hydrogens (tertiary/aromatic N) is 1. The highest BCUT2D eigenvalue weighted by atomic mass is 35.5. The van der Waals surface area contributed by atoms with Gasteiger partial charge in [0.25, 0.3) is 0 Å². The van der Waals surface area contributed by atoms with Crippen molar-refractivity contribution in [1.29, 1.82) is 0 Å². The molecule has 5 nitrogen and oxygen atoms in total. The van der Waals surface area contributed by atoms with Crippen molar-refractivity contribution in [3.05, 3.63) is 64.7 Å². The average molecular weight is 359 g/mol. The Hall–Kier alpha value is -2.37. The molecule has 1 fully saturated rings. The normalized spacial score (nSPS) is 20.4. The standard InChI is InChI=1S/C19H19ClN2O3/c1-22-10-16(12-5-7-14(20)8-6-12)17(11-22)18(23)21-15-4-2-3-13(9-15)19(24)25/h2-9,16-17H,10-11H2,1H3,(H,21,23)(H,24,25)/t16-,17+/m0/s1. The van der Waals surface area contributed by atoms with Gasteiger partial charge in [-0.2, -0.15) is 0 Å². The quantitative estimate of drug-likeness (QED) is 0.879. The first-order valence-corrected chi connectivity index (χ1v) is 8.40. The Morgan fingerprint density at radius 1 is 1.16 bits per heavy atom. The Morgan fingerprint density at radius 2 is 1.88 bits per heavy atom. The van der Waals surface area contributed by atoms with E-state index in [4.69, 9.17) is 16.7 Å². The van der Waals surface area contributed by atoms with Crippen molar-refractivity contribution < 1.29 is 14.7 Å². The molecule has 2 atom stereocenters. The maximum Gasteiger partial charge on any atom is 0.335 e. The monoisotopic (exact) mass is 358 g/mol. The Balaban J connectivity index is 1.78. The lowest BCUT2D eigenvalue weighted by atomic mass is 9.88. The van der Waals surface area contributed by atoms with Crippen LogP contribution >= 0.6 is 11.6 Å². The molecular weight excluding hydrogens is 340 g/mol. The summed E-state index contributed by atoms with van der Waals surface area (Å²) in [4.78, 5) is 26.0. The second kappa shape index (κ2) is 7.25. The zero-order valence-electron chi connectivity index (χ0n) is 13.8. The van der Waals surface area contributed by atoms with Crippen molar-refractivity contribution in [2.75, 3.05) is 25.5 Å². The summed E-state index contributed by atoms with van der Waals surface area (Å²) in [5.41, 5.74) is 1.72. The van der Waals surface area contributed by atoms with Crippen LogP contribution < -0.4 is 5.32 Å². The van der Waals surface area contributed by atoms with E-state index in [0.717, 1.165) is 12.1 Å². The molecule has 1 aliphatic rings. The molecule has 1 saturated heterocycles. The molecule has 1 aliphatic heterocycles. The number of likely N-dealkylation sites (N-methyl/N-ethyl adjacent to an activating group) is 1. The lowest BCUT2D eigenvalue weighted by molar-refractivity contribution is -0.119. The van der Waals surface area contributed by atoms with Crippen molar-refractivity contribution in [1.82, 2.24) is 4.90 Å². The molecule has 0 radical (unpaired) electrons. The summed E-state index contributed by atoms with van der Waals surface area (Å²) in [5, 5.41) is 12.6. The number of aromatic carboxylic acids is 1. The van der Waals surface area contributed by atoms with Crippen molar-refractivity contribution in [2.45, 2.75) is 5.92 Å². The number of halogens is 1. The average Bonchev–Trinajstić information content (AvgIpc) is 2.98. The minimum absolute atomic E-state index is 0.0740. The number of carbonyl (C=O) groups excluding carboxylic acids is 1. The topological polar surface area (TPSA) is 69.6 Å².